The van der Waals surface area contributed by atoms with Crippen molar-refractivity contribution in [3.63, 3.8) is 0 Å². The van der Waals surface area contributed by atoms with Gasteiger partial charge in [-0.25, -0.2) is 0 Å². The molecule has 142 valence electrons. The van der Waals surface area contributed by atoms with Crippen molar-refractivity contribution in [2.45, 2.75) is 19.8 Å². The molecule has 1 amide bonds. The number of anilines is 2. The summed E-state index contributed by atoms with van der Waals surface area (Å²) in [6.07, 6.45) is 0.265. The first kappa shape index (κ1) is 18.8. The van der Waals surface area contributed by atoms with Crippen molar-refractivity contribution >= 4 is 23.1 Å². The molecule has 0 aliphatic carbocycles. The lowest BCUT2D eigenvalue weighted by Gasteiger charge is -2.18. The van der Waals surface area contributed by atoms with Crippen molar-refractivity contribution in [2.24, 2.45) is 0 Å². The molecule has 1 aliphatic rings. The lowest BCUT2D eigenvalue weighted by atomic mass is 10.1. The standard InChI is InChI=1S/C21H24N2O4/c1-3-23(2)17-6-4-5-16(14-17)22-21(25)10-8-18(24)15-7-9-19-20(13-15)27-12-11-26-19/h4-7,9,13-14H,3,8,10-12H2,1-2H3,(H,22,25). The summed E-state index contributed by atoms with van der Waals surface area (Å²) in [5.41, 5.74) is 2.28. The van der Waals surface area contributed by atoms with Crippen LogP contribution in [0.1, 0.15) is 30.1 Å². The molecule has 27 heavy (non-hydrogen) atoms. The summed E-state index contributed by atoms with van der Waals surface area (Å²) in [6.45, 7) is 3.92. The van der Waals surface area contributed by atoms with Crippen LogP contribution >= 0.6 is 0 Å². The molecule has 3 rings (SSSR count). The Bertz CT molecular complexity index is 835. The SMILES string of the molecule is CCN(C)c1cccc(NC(=O)CCC(=O)c2ccc3c(c2)OCCO3)c1. The fraction of sp³-hybridized carbons (Fsp3) is 0.333. The normalized spacial score (nSPS) is 12.4. The summed E-state index contributed by atoms with van der Waals surface area (Å²) < 4.78 is 11.0. The number of nitrogens with one attached hydrogen (secondary N) is 1. The van der Waals surface area contributed by atoms with Gasteiger partial charge in [0.25, 0.3) is 0 Å². The minimum atomic E-state index is -0.183. The fourth-order valence-corrected chi connectivity index (χ4v) is 2.82. The summed E-state index contributed by atoms with van der Waals surface area (Å²) in [5, 5.41) is 2.86. The highest BCUT2D eigenvalue weighted by atomic mass is 16.6. The average molecular weight is 368 g/mol. The summed E-state index contributed by atoms with van der Waals surface area (Å²) in [5.74, 6) is 0.944. The number of fused-ring (bicyclic) bond motifs is 1. The number of ketones is 1. The molecule has 0 unspecified atom stereocenters. The van der Waals surface area contributed by atoms with Crippen LogP contribution < -0.4 is 19.7 Å². The molecule has 2 aromatic carbocycles. The van der Waals surface area contributed by atoms with Gasteiger partial charge < -0.3 is 19.7 Å². The number of rotatable bonds is 7. The highest BCUT2D eigenvalue weighted by molar-refractivity contribution is 6.00. The van der Waals surface area contributed by atoms with Gasteiger partial charge in [-0.1, -0.05) is 6.07 Å². The fourth-order valence-electron chi connectivity index (χ4n) is 2.82. The molecule has 0 fully saturated rings. The average Bonchev–Trinajstić information content (AvgIpc) is 2.71. The number of hydrogen-bond acceptors (Lipinski definition) is 5. The number of Topliss-reactive ketones (excluding diaryl/α,β-unsaturated/α-hetero) is 1. The minimum absolute atomic E-state index is 0.0957. The van der Waals surface area contributed by atoms with E-state index in [0.717, 1.165) is 17.9 Å². The molecule has 1 heterocycles. The van der Waals surface area contributed by atoms with Gasteiger partial charge in [-0.05, 0) is 43.3 Å². The number of carbonyl (C=O) groups excluding carboxylic acids is 2. The second kappa shape index (κ2) is 8.58. The Morgan fingerprint density at radius 2 is 1.81 bits per heavy atom. The Morgan fingerprint density at radius 1 is 1.04 bits per heavy atom. The van der Waals surface area contributed by atoms with Crippen molar-refractivity contribution < 1.29 is 19.1 Å². The number of nitrogens with zero attached hydrogens (tertiary/aromatic N) is 1. The van der Waals surface area contributed by atoms with Crippen molar-refractivity contribution in [3.05, 3.63) is 48.0 Å². The van der Waals surface area contributed by atoms with Gasteiger partial charge >= 0.3 is 0 Å². The van der Waals surface area contributed by atoms with E-state index in [1.54, 1.807) is 18.2 Å². The Morgan fingerprint density at radius 3 is 2.59 bits per heavy atom. The van der Waals surface area contributed by atoms with Gasteiger partial charge in [0.15, 0.2) is 17.3 Å². The van der Waals surface area contributed by atoms with Gasteiger partial charge in [-0.15, -0.1) is 0 Å². The number of carbonyl (C=O) groups is 2. The van der Waals surface area contributed by atoms with Crippen LogP contribution in [0.25, 0.3) is 0 Å². The van der Waals surface area contributed by atoms with E-state index in [1.165, 1.54) is 0 Å². The third-order valence-corrected chi connectivity index (χ3v) is 4.49. The van der Waals surface area contributed by atoms with E-state index in [-0.39, 0.29) is 24.5 Å². The monoisotopic (exact) mass is 368 g/mol. The zero-order valence-corrected chi connectivity index (χ0v) is 15.7. The van der Waals surface area contributed by atoms with Crippen molar-refractivity contribution in [2.75, 3.05) is 37.0 Å². The van der Waals surface area contributed by atoms with E-state index < -0.39 is 0 Å². The third-order valence-electron chi connectivity index (χ3n) is 4.49. The molecular formula is C21H24N2O4. The largest absolute Gasteiger partial charge is 0.486 e. The van der Waals surface area contributed by atoms with Gasteiger partial charge in [-0.2, -0.15) is 0 Å². The molecule has 0 aromatic heterocycles. The first-order valence-corrected chi connectivity index (χ1v) is 9.10. The van der Waals surface area contributed by atoms with E-state index in [4.69, 9.17) is 9.47 Å². The number of benzene rings is 2. The third kappa shape index (κ3) is 4.78. The Kier molecular flexibility index (Phi) is 5.96. The molecule has 0 atom stereocenters. The first-order valence-electron chi connectivity index (χ1n) is 9.10. The lowest BCUT2D eigenvalue weighted by Crippen LogP contribution is -2.17. The van der Waals surface area contributed by atoms with Gasteiger partial charge in [0.05, 0.1) is 0 Å². The summed E-state index contributed by atoms with van der Waals surface area (Å²) in [6, 6.07) is 12.8. The first-order chi connectivity index (χ1) is 13.1. The zero-order valence-electron chi connectivity index (χ0n) is 15.7. The Balaban J connectivity index is 1.55. The van der Waals surface area contributed by atoms with Gasteiger partial charge in [0.1, 0.15) is 13.2 Å². The molecule has 6 heteroatoms. The van der Waals surface area contributed by atoms with Gasteiger partial charge in [0, 0.05) is 43.4 Å². The van der Waals surface area contributed by atoms with Crippen LogP contribution in [0, 0.1) is 0 Å². The highest BCUT2D eigenvalue weighted by Gasteiger charge is 2.16. The zero-order chi connectivity index (χ0) is 19.2. The summed E-state index contributed by atoms with van der Waals surface area (Å²) in [4.78, 5) is 26.7. The second-order valence-corrected chi connectivity index (χ2v) is 6.39. The maximum absolute atomic E-state index is 12.4. The molecular weight excluding hydrogens is 344 g/mol. The molecule has 6 nitrogen and oxygen atoms in total. The minimum Gasteiger partial charge on any atom is -0.486 e. The van der Waals surface area contributed by atoms with Crippen LogP contribution in [-0.4, -0.2) is 38.5 Å². The predicted molar refractivity (Wildman–Crippen MR) is 105 cm³/mol. The quantitative estimate of drug-likeness (QED) is 0.758. The maximum Gasteiger partial charge on any atom is 0.224 e. The van der Waals surface area contributed by atoms with Crippen LogP contribution in [0.3, 0.4) is 0 Å². The molecule has 1 N–H and O–H groups in total. The second-order valence-electron chi connectivity index (χ2n) is 6.39. The smallest absolute Gasteiger partial charge is 0.224 e. The van der Waals surface area contributed by atoms with E-state index >= 15 is 0 Å². The lowest BCUT2D eigenvalue weighted by molar-refractivity contribution is -0.116. The molecule has 0 spiro atoms. The molecule has 0 saturated heterocycles. The Hall–Kier alpha value is -3.02. The molecule has 0 saturated carbocycles. The summed E-state index contributed by atoms with van der Waals surface area (Å²) in [7, 11) is 1.99. The van der Waals surface area contributed by atoms with E-state index in [1.807, 2.05) is 31.3 Å². The number of hydrogen-bond donors (Lipinski definition) is 1. The van der Waals surface area contributed by atoms with Crippen LogP contribution in [0.2, 0.25) is 0 Å². The van der Waals surface area contributed by atoms with Gasteiger partial charge in [-0.3, -0.25) is 9.59 Å². The van der Waals surface area contributed by atoms with Crippen molar-refractivity contribution in [1.29, 1.82) is 0 Å². The van der Waals surface area contributed by atoms with Crippen LogP contribution in [0.5, 0.6) is 11.5 Å². The van der Waals surface area contributed by atoms with Crippen LogP contribution in [0.4, 0.5) is 11.4 Å². The number of amides is 1. The molecule has 0 radical (unpaired) electrons. The van der Waals surface area contributed by atoms with Crippen molar-refractivity contribution in [1.82, 2.24) is 0 Å². The number of ether oxygens (including phenoxy) is 2. The summed E-state index contributed by atoms with van der Waals surface area (Å²) >= 11 is 0. The topological polar surface area (TPSA) is 67.9 Å². The van der Waals surface area contributed by atoms with Crippen LogP contribution in [0.15, 0.2) is 42.5 Å². The van der Waals surface area contributed by atoms with E-state index in [0.29, 0.717) is 30.3 Å². The maximum atomic E-state index is 12.4. The van der Waals surface area contributed by atoms with Crippen molar-refractivity contribution in [3.8, 4) is 11.5 Å². The Labute approximate surface area is 159 Å². The predicted octanol–water partition coefficient (Wildman–Crippen LogP) is 3.52. The molecule has 2 aromatic rings. The molecule has 0 bridgehead atoms. The van der Waals surface area contributed by atoms with Gasteiger partial charge in [0.2, 0.25) is 5.91 Å². The molecule has 1 aliphatic heterocycles. The highest BCUT2D eigenvalue weighted by Crippen LogP contribution is 2.31. The van der Waals surface area contributed by atoms with Crippen LogP contribution in [-0.2, 0) is 4.79 Å². The van der Waals surface area contributed by atoms with E-state index in [2.05, 4.69) is 17.1 Å². The van der Waals surface area contributed by atoms with E-state index in [9.17, 15) is 9.59 Å².